The summed E-state index contributed by atoms with van der Waals surface area (Å²) in [4.78, 5) is 11.5. The molecule has 0 N–H and O–H groups in total. The number of allylic oxidation sites excluding steroid dienone is 4. The lowest BCUT2D eigenvalue weighted by molar-refractivity contribution is -0.118. The summed E-state index contributed by atoms with van der Waals surface area (Å²) in [5.74, 6) is 1.02. The van der Waals surface area contributed by atoms with Crippen LogP contribution < -0.4 is 0 Å². The van der Waals surface area contributed by atoms with Gasteiger partial charge in [-0.3, -0.25) is 4.79 Å². The smallest absolute Gasteiger partial charge is 0.162 e. The van der Waals surface area contributed by atoms with Crippen molar-refractivity contribution in [2.45, 2.75) is 155 Å². The molecule has 1 rings (SSSR count). The highest BCUT2D eigenvalue weighted by Gasteiger charge is 2.18. The molecule has 0 bridgehead atoms. The first-order chi connectivity index (χ1) is 15.2. The van der Waals surface area contributed by atoms with Crippen LogP contribution in [0, 0.1) is 0 Å². The van der Waals surface area contributed by atoms with Gasteiger partial charge in [0.05, 0.1) is 5.76 Å². The minimum atomic E-state index is 0.133. The molecular formula is C29H52O2. The molecule has 0 radical (unpaired) electrons. The van der Waals surface area contributed by atoms with Gasteiger partial charge in [-0.1, -0.05) is 109 Å². The summed E-state index contributed by atoms with van der Waals surface area (Å²) >= 11 is 0. The van der Waals surface area contributed by atoms with E-state index in [1.54, 1.807) is 6.08 Å². The predicted molar refractivity (Wildman–Crippen MR) is 135 cm³/mol. The SMILES string of the molecule is CCCCCCCC/C=C/CCCCCCCCCCCCCC1CC(=O)C=C(C)O1. The van der Waals surface area contributed by atoms with E-state index in [-0.39, 0.29) is 11.9 Å². The molecule has 1 aliphatic heterocycles. The summed E-state index contributed by atoms with van der Waals surface area (Å²) in [7, 11) is 0. The third-order valence-corrected chi connectivity index (χ3v) is 6.43. The van der Waals surface area contributed by atoms with E-state index in [4.69, 9.17) is 4.74 Å². The molecule has 0 fully saturated rings. The van der Waals surface area contributed by atoms with Crippen molar-refractivity contribution in [1.29, 1.82) is 0 Å². The normalized spacial score (nSPS) is 16.6. The van der Waals surface area contributed by atoms with Gasteiger partial charge in [-0.15, -0.1) is 0 Å². The molecule has 0 saturated carbocycles. The minimum absolute atomic E-state index is 0.133. The molecule has 1 heterocycles. The van der Waals surface area contributed by atoms with Crippen molar-refractivity contribution < 1.29 is 9.53 Å². The first-order valence-electron chi connectivity index (χ1n) is 13.7. The zero-order chi connectivity index (χ0) is 22.4. The van der Waals surface area contributed by atoms with E-state index in [1.807, 2.05) is 6.92 Å². The van der Waals surface area contributed by atoms with Gasteiger partial charge >= 0.3 is 0 Å². The monoisotopic (exact) mass is 432 g/mol. The fourth-order valence-corrected chi connectivity index (χ4v) is 4.51. The largest absolute Gasteiger partial charge is 0.494 e. The maximum absolute atomic E-state index is 11.5. The van der Waals surface area contributed by atoms with E-state index in [0.29, 0.717) is 6.42 Å². The van der Waals surface area contributed by atoms with E-state index in [1.165, 1.54) is 122 Å². The number of carbonyl (C=O) groups excluding carboxylic acids is 1. The van der Waals surface area contributed by atoms with Crippen molar-refractivity contribution in [3.63, 3.8) is 0 Å². The zero-order valence-electron chi connectivity index (χ0n) is 21.0. The van der Waals surface area contributed by atoms with Crippen molar-refractivity contribution >= 4 is 5.78 Å². The highest BCUT2D eigenvalue weighted by Crippen LogP contribution is 2.20. The van der Waals surface area contributed by atoms with Gasteiger partial charge < -0.3 is 4.74 Å². The Hall–Kier alpha value is -1.05. The number of carbonyl (C=O) groups is 1. The summed E-state index contributed by atoms with van der Waals surface area (Å²) in [6.45, 7) is 4.17. The van der Waals surface area contributed by atoms with E-state index >= 15 is 0 Å². The maximum Gasteiger partial charge on any atom is 0.162 e. The molecular weight excluding hydrogens is 380 g/mol. The van der Waals surface area contributed by atoms with Crippen molar-refractivity contribution in [2.24, 2.45) is 0 Å². The lowest BCUT2D eigenvalue weighted by Gasteiger charge is -2.22. The molecule has 180 valence electrons. The Morgan fingerprint density at radius 2 is 1.19 bits per heavy atom. The average Bonchev–Trinajstić information content (AvgIpc) is 2.74. The van der Waals surface area contributed by atoms with Crippen LogP contribution in [-0.2, 0) is 9.53 Å². The third-order valence-electron chi connectivity index (χ3n) is 6.43. The predicted octanol–water partition coefficient (Wildman–Crippen LogP) is 9.63. The lowest BCUT2D eigenvalue weighted by atomic mass is 10.0. The summed E-state index contributed by atoms with van der Waals surface area (Å²) in [6, 6.07) is 0. The van der Waals surface area contributed by atoms with Crippen LogP contribution in [0.1, 0.15) is 149 Å². The molecule has 0 amide bonds. The Morgan fingerprint density at radius 3 is 1.68 bits per heavy atom. The van der Waals surface area contributed by atoms with E-state index in [9.17, 15) is 4.79 Å². The van der Waals surface area contributed by atoms with Crippen molar-refractivity contribution in [3.05, 3.63) is 24.0 Å². The second kappa shape index (κ2) is 20.8. The van der Waals surface area contributed by atoms with Crippen LogP contribution in [-0.4, -0.2) is 11.9 Å². The number of rotatable bonds is 21. The van der Waals surface area contributed by atoms with Crippen molar-refractivity contribution in [2.75, 3.05) is 0 Å². The summed E-state index contributed by atoms with van der Waals surface area (Å²) < 4.78 is 5.74. The van der Waals surface area contributed by atoms with Gasteiger partial charge in [-0.25, -0.2) is 0 Å². The van der Waals surface area contributed by atoms with Gasteiger partial charge in [0.15, 0.2) is 5.78 Å². The van der Waals surface area contributed by atoms with Gasteiger partial charge in [0, 0.05) is 12.5 Å². The first-order valence-corrected chi connectivity index (χ1v) is 13.7. The zero-order valence-corrected chi connectivity index (χ0v) is 21.0. The molecule has 1 unspecified atom stereocenters. The lowest BCUT2D eigenvalue weighted by Crippen LogP contribution is -2.21. The second-order valence-corrected chi connectivity index (χ2v) is 9.66. The quantitative estimate of drug-likeness (QED) is 0.133. The molecule has 0 aromatic carbocycles. The van der Waals surface area contributed by atoms with Crippen LogP contribution in [0.25, 0.3) is 0 Å². The summed E-state index contributed by atoms with van der Waals surface area (Å²) in [5, 5.41) is 0. The van der Waals surface area contributed by atoms with E-state index < -0.39 is 0 Å². The van der Waals surface area contributed by atoms with Crippen LogP contribution in [0.5, 0.6) is 0 Å². The third kappa shape index (κ3) is 18.2. The van der Waals surface area contributed by atoms with Crippen molar-refractivity contribution in [3.8, 4) is 0 Å². The average molecular weight is 433 g/mol. The Bertz CT molecular complexity index is 477. The molecule has 0 aromatic rings. The van der Waals surface area contributed by atoms with Gasteiger partial charge in [0.25, 0.3) is 0 Å². The summed E-state index contributed by atoms with van der Waals surface area (Å²) in [6.07, 6.45) is 34.2. The molecule has 1 aliphatic rings. The van der Waals surface area contributed by atoms with Gasteiger partial charge in [0.1, 0.15) is 6.10 Å². The van der Waals surface area contributed by atoms with Gasteiger partial charge in [0.2, 0.25) is 0 Å². The van der Waals surface area contributed by atoms with Crippen molar-refractivity contribution in [1.82, 2.24) is 0 Å². The van der Waals surface area contributed by atoms with Crippen LogP contribution in [0.2, 0.25) is 0 Å². The number of ether oxygens (including phenoxy) is 1. The van der Waals surface area contributed by atoms with Crippen LogP contribution in [0.4, 0.5) is 0 Å². The number of unbranched alkanes of at least 4 members (excludes halogenated alkanes) is 17. The fraction of sp³-hybridized carbons (Fsp3) is 0.828. The van der Waals surface area contributed by atoms with Crippen LogP contribution in [0.3, 0.4) is 0 Å². The Balaban J connectivity index is 1.73. The van der Waals surface area contributed by atoms with Gasteiger partial charge in [-0.05, 0) is 45.4 Å². The second-order valence-electron chi connectivity index (χ2n) is 9.66. The molecule has 1 atom stereocenters. The van der Waals surface area contributed by atoms with Crippen LogP contribution in [0.15, 0.2) is 24.0 Å². The molecule has 0 saturated heterocycles. The molecule has 31 heavy (non-hydrogen) atoms. The highest BCUT2D eigenvalue weighted by atomic mass is 16.5. The molecule has 2 nitrogen and oxygen atoms in total. The Kier molecular flexibility index (Phi) is 18.8. The molecule has 0 spiro atoms. The van der Waals surface area contributed by atoms with Crippen LogP contribution >= 0.6 is 0 Å². The number of ketones is 1. The topological polar surface area (TPSA) is 26.3 Å². The first kappa shape index (κ1) is 28.0. The maximum atomic E-state index is 11.5. The van der Waals surface area contributed by atoms with E-state index in [0.717, 1.165) is 12.2 Å². The van der Waals surface area contributed by atoms with Gasteiger partial charge in [-0.2, -0.15) is 0 Å². The molecule has 0 aromatic heterocycles. The Labute approximate surface area is 194 Å². The molecule has 0 aliphatic carbocycles. The molecule has 2 heteroatoms. The summed E-state index contributed by atoms with van der Waals surface area (Å²) in [5.41, 5.74) is 0. The highest BCUT2D eigenvalue weighted by molar-refractivity contribution is 5.91. The standard InChI is InChI=1S/C29H52O2/c1-3-4-5-6-7-8-9-10-11-12-13-14-15-16-17-18-19-20-21-22-23-24-29-26-28(30)25-27(2)31-29/h10-11,25,29H,3-9,12-24,26H2,1-2H3/b11-10+. The number of hydrogen-bond donors (Lipinski definition) is 0. The number of hydrogen-bond acceptors (Lipinski definition) is 2. The Morgan fingerprint density at radius 1 is 0.742 bits per heavy atom. The van der Waals surface area contributed by atoms with E-state index in [2.05, 4.69) is 19.1 Å². The fourth-order valence-electron chi connectivity index (χ4n) is 4.51. The minimum Gasteiger partial charge on any atom is -0.494 e.